The predicted molar refractivity (Wildman–Crippen MR) is 109 cm³/mol. The molecule has 8 nitrogen and oxygen atoms in total. The molecule has 0 saturated heterocycles. The van der Waals surface area contributed by atoms with E-state index < -0.39 is 15.3 Å². The van der Waals surface area contributed by atoms with Crippen molar-refractivity contribution in [3.8, 4) is 11.4 Å². The normalized spacial score (nSPS) is 12.5. The number of hydrogen-bond acceptors (Lipinski definition) is 6. The molecule has 0 unspecified atom stereocenters. The van der Waals surface area contributed by atoms with Gasteiger partial charge in [-0.25, -0.2) is 18.5 Å². The Hall–Kier alpha value is -2.40. The largest absolute Gasteiger partial charge is 0.325 e. The van der Waals surface area contributed by atoms with Crippen molar-refractivity contribution < 1.29 is 13.2 Å². The lowest BCUT2D eigenvalue weighted by molar-refractivity contribution is -0.115. The van der Waals surface area contributed by atoms with Crippen LogP contribution in [-0.2, 0) is 14.8 Å². The van der Waals surface area contributed by atoms with Crippen LogP contribution in [0.15, 0.2) is 58.6 Å². The van der Waals surface area contributed by atoms with E-state index >= 15 is 0 Å². The number of aromatic nitrogens is 3. The average Bonchev–Trinajstić information content (AvgIpc) is 3.10. The first-order chi connectivity index (χ1) is 13.2. The molecule has 3 rings (SSSR count). The average molecular weight is 438 g/mol. The van der Waals surface area contributed by atoms with E-state index in [0.29, 0.717) is 21.7 Å². The van der Waals surface area contributed by atoms with Gasteiger partial charge in [-0.15, -0.1) is 5.10 Å². The van der Waals surface area contributed by atoms with Crippen molar-refractivity contribution in [1.29, 1.82) is 0 Å². The molecule has 28 heavy (non-hydrogen) atoms. The van der Waals surface area contributed by atoms with Gasteiger partial charge >= 0.3 is 0 Å². The molecule has 11 heteroatoms. The lowest BCUT2D eigenvalue weighted by Crippen LogP contribution is -2.22. The van der Waals surface area contributed by atoms with Crippen LogP contribution in [0.4, 0.5) is 5.69 Å². The minimum Gasteiger partial charge on any atom is -0.325 e. The Bertz CT molecular complexity index is 1080. The highest BCUT2D eigenvalue weighted by Crippen LogP contribution is 2.24. The maximum absolute atomic E-state index is 12.4. The van der Waals surface area contributed by atoms with Gasteiger partial charge in [-0.05, 0) is 55.5 Å². The number of primary sulfonamides is 1. The number of sulfonamides is 1. The van der Waals surface area contributed by atoms with Gasteiger partial charge in [0, 0.05) is 16.3 Å². The fourth-order valence-corrected chi connectivity index (χ4v) is 3.59. The summed E-state index contributed by atoms with van der Waals surface area (Å²) in [6.45, 7) is 1.72. The van der Waals surface area contributed by atoms with Gasteiger partial charge in [0.05, 0.1) is 10.1 Å². The summed E-state index contributed by atoms with van der Waals surface area (Å²) >= 11 is 7.06. The number of nitrogens with two attached hydrogens (primary N) is 1. The van der Waals surface area contributed by atoms with E-state index in [-0.39, 0.29) is 10.8 Å². The number of aromatic amines is 1. The second kappa shape index (κ2) is 8.31. The fraction of sp³-hybridized carbons (Fsp3) is 0.118. The maximum atomic E-state index is 12.4. The van der Waals surface area contributed by atoms with E-state index in [1.165, 1.54) is 36.0 Å². The van der Waals surface area contributed by atoms with Crippen LogP contribution in [0.5, 0.6) is 0 Å². The Morgan fingerprint density at radius 3 is 2.43 bits per heavy atom. The second-order valence-electron chi connectivity index (χ2n) is 5.79. The smallest absolute Gasteiger partial charge is 0.238 e. The number of hydrogen-bond donors (Lipinski definition) is 3. The van der Waals surface area contributed by atoms with Crippen LogP contribution in [0.3, 0.4) is 0 Å². The molecule has 0 saturated carbocycles. The Labute approximate surface area is 170 Å². The number of nitrogens with zero attached hydrogens (tertiary/aromatic N) is 2. The first kappa shape index (κ1) is 20.3. The summed E-state index contributed by atoms with van der Waals surface area (Å²) in [7, 11) is -3.77. The van der Waals surface area contributed by atoms with Gasteiger partial charge < -0.3 is 5.32 Å². The van der Waals surface area contributed by atoms with E-state index in [9.17, 15) is 13.2 Å². The minimum atomic E-state index is -3.77. The van der Waals surface area contributed by atoms with Crippen molar-refractivity contribution in [3.63, 3.8) is 0 Å². The third-order valence-electron chi connectivity index (χ3n) is 3.68. The van der Waals surface area contributed by atoms with Crippen molar-refractivity contribution in [2.24, 2.45) is 5.14 Å². The Morgan fingerprint density at radius 1 is 1.18 bits per heavy atom. The number of H-pyrrole nitrogens is 1. The van der Waals surface area contributed by atoms with E-state index in [1.54, 1.807) is 19.1 Å². The summed E-state index contributed by atoms with van der Waals surface area (Å²) in [6.07, 6.45) is 0. The van der Waals surface area contributed by atoms with Crippen molar-refractivity contribution in [3.05, 3.63) is 53.6 Å². The minimum absolute atomic E-state index is 0.0247. The van der Waals surface area contributed by atoms with Gasteiger partial charge in [0.15, 0.2) is 5.82 Å². The summed E-state index contributed by atoms with van der Waals surface area (Å²) in [5.74, 6) is 0.302. The van der Waals surface area contributed by atoms with E-state index in [0.717, 1.165) is 5.56 Å². The van der Waals surface area contributed by atoms with Crippen LogP contribution in [-0.4, -0.2) is 34.8 Å². The molecule has 4 N–H and O–H groups in total. The predicted octanol–water partition coefficient (Wildman–Crippen LogP) is 2.89. The van der Waals surface area contributed by atoms with E-state index in [2.05, 4.69) is 20.5 Å². The van der Waals surface area contributed by atoms with Gasteiger partial charge in [-0.3, -0.25) is 9.89 Å². The van der Waals surface area contributed by atoms with Crippen LogP contribution >= 0.6 is 23.4 Å². The van der Waals surface area contributed by atoms with E-state index in [4.69, 9.17) is 16.7 Å². The summed E-state index contributed by atoms with van der Waals surface area (Å²) in [5, 5.41) is 15.3. The van der Waals surface area contributed by atoms with Gasteiger partial charge in [-0.2, -0.15) is 0 Å². The third kappa shape index (κ3) is 5.10. The molecular formula is C17H16ClN5O3S2. The summed E-state index contributed by atoms with van der Waals surface area (Å²) in [5.41, 5.74) is 1.29. The van der Waals surface area contributed by atoms with Gasteiger partial charge in [-0.1, -0.05) is 23.4 Å². The maximum Gasteiger partial charge on any atom is 0.238 e. The van der Waals surface area contributed by atoms with Crippen molar-refractivity contribution in [1.82, 2.24) is 15.2 Å². The molecule has 0 radical (unpaired) electrons. The number of benzene rings is 2. The first-order valence-corrected chi connectivity index (χ1v) is 10.8. The number of rotatable bonds is 6. The lowest BCUT2D eigenvalue weighted by Gasteiger charge is -2.10. The van der Waals surface area contributed by atoms with Crippen LogP contribution in [0.25, 0.3) is 11.4 Å². The SMILES string of the molecule is C[C@H](Sc1n[nH]c(-c2ccc(Cl)cc2)n1)C(=O)Nc1ccc(S(N)(=O)=O)cc1. The quantitative estimate of drug-likeness (QED) is 0.508. The number of carbonyl (C=O) groups excluding carboxylic acids is 1. The standard InChI is InChI=1S/C17H16ClN5O3S2/c1-10(16(24)20-13-6-8-14(9-7-13)28(19,25)26)27-17-21-15(22-23-17)11-2-4-12(18)5-3-11/h2-10H,1H3,(H,20,24)(H2,19,25,26)(H,21,22,23)/t10-/m0/s1. The number of anilines is 1. The zero-order valence-electron chi connectivity index (χ0n) is 14.6. The van der Waals surface area contributed by atoms with Crippen molar-refractivity contribution in [2.45, 2.75) is 22.2 Å². The molecular weight excluding hydrogens is 422 g/mol. The third-order valence-corrected chi connectivity index (χ3v) is 5.83. The molecule has 2 aromatic carbocycles. The highest BCUT2D eigenvalue weighted by Gasteiger charge is 2.18. The number of carbonyl (C=O) groups is 1. The number of amides is 1. The first-order valence-electron chi connectivity index (χ1n) is 8.01. The molecule has 0 aliphatic rings. The molecule has 0 aliphatic heterocycles. The Morgan fingerprint density at radius 2 is 1.82 bits per heavy atom. The monoisotopic (exact) mass is 437 g/mol. The van der Waals surface area contributed by atoms with Gasteiger partial charge in [0.1, 0.15) is 0 Å². The molecule has 3 aromatic rings. The van der Waals surface area contributed by atoms with Gasteiger partial charge in [0.25, 0.3) is 0 Å². The van der Waals surface area contributed by atoms with Crippen LogP contribution in [0, 0.1) is 0 Å². The van der Waals surface area contributed by atoms with Crippen molar-refractivity contribution >= 4 is 45.0 Å². The Kier molecular flexibility index (Phi) is 6.04. The topological polar surface area (TPSA) is 131 Å². The summed E-state index contributed by atoms with van der Waals surface area (Å²) in [4.78, 5) is 16.7. The molecule has 1 aromatic heterocycles. The van der Waals surface area contributed by atoms with Crippen LogP contribution < -0.4 is 10.5 Å². The molecule has 0 aliphatic carbocycles. The molecule has 1 atom stereocenters. The molecule has 1 heterocycles. The van der Waals surface area contributed by atoms with Crippen LogP contribution in [0.1, 0.15) is 6.92 Å². The zero-order chi connectivity index (χ0) is 20.3. The molecule has 146 valence electrons. The highest BCUT2D eigenvalue weighted by atomic mass is 35.5. The number of halogens is 1. The van der Waals surface area contributed by atoms with Crippen molar-refractivity contribution in [2.75, 3.05) is 5.32 Å². The van der Waals surface area contributed by atoms with Crippen LogP contribution in [0.2, 0.25) is 5.02 Å². The number of nitrogens with one attached hydrogen (secondary N) is 2. The number of thioether (sulfide) groups is 1. The fourth-order valence-electron chi connectivity index (χ4n) is 2.22. The summed E-state index contributed by atoms with van der Waals surface area (Å²) < 4.78 is 22.5. The molecule has 0 bridgehead atoms. The lowest BCUT2D eigenvalue weighted by atomic mass is 10.2. The highest BCUT2D eigenvalue weighted by molar-refractivity contribution is 8.00. The van der Waals surface area contributed by atoms with Gasteiger partial charge in [0.2, 0.25) is 21.1 Å². The second-order valence-corrected chi connectivity index (χ2v) is 9.10. The Balaban J connectivity index is 1.62. The van der Waals surface area contributed by atoms with E-state index in [1.807, 2.05) is 12.1 Å². The summed E-state index contributed by atoms with van der Waals surface area (Å²) in [6, 6.07) is 12.7. The molecule has 0 fully saturated rings. The zero-order valence-corrected chi connectivity index (χ0v) is 17.0. The molecule has 1 amide bonds. The molecule has 0 spiro atoms.